The van der Waals surface area contributed by atoms with Crippen molar-refractivity contribution in [1.82, 2.24) is 0 Å². The zero-order chi connectivity index (χ0) is 42.0. The molecule has 57 heavy (non-hydrogen) atoms. The standard InChI is InChI=1S/C53H88O4/c1-15-21-25-40(46-36-56-46)27-23-29-54-48-42(50(7,8)17-3)32-38(33-43(48)51(9,10)18-4)31-39-34-44(52(11,12)19-5)49(45(35-39)53(13,14)20-6)55-30-24-28-41(26-22-16-2)47-37-57-47/h32-35,40-41,46-47H,15-31,36-37H2,1-14H3. The third-order valence-corrected chi connectivity index (χ3v) is 14.7. The van der Waals surface area contributed by atoms with Crippen molar-refractivity contribution in [3.63, 3.8) is 0 Å². The summed E-state index contributed by atoms with van der Waals surface area (Å²) in [5.74, 6) is 3.61. The van der Waals surface area contributed by atoms with Gasteiger partial charge in [0.2, 0.25) is 0 Å². The van der Waals surface area contributed by atoms with E-state index < -0.39 is 0 Å². The predicted octanol–water partition coefficient (Wildman–Crippen LogP) is 14.8. The summed E-state index contributed by atoms with van der Waals surface area (Å²) in [7, 11) is 0. The summed E-state index contributed by atoms with van der Waals surface area (Å²) in [6.07, 6.45) is 18.2. The molecule has 0 N–H and O–H groups in total. The molecule has 324 valence electrons. The molecule has 0 saturated carbocycles. The number of ether oxygens (including phenoxy) is 4. The van der Waals surface area contributed by atoms with E-state index in [-0.39, 0.29) is 21.7 Å². The first-order chi connectivity index (χ1) is 27.0. The minimum absolute atomic E-state index is 0.0149. The zero-order valence-corrected chi connectivity index (χ0v) is 39.7. The number of hydrogen-bond donors (Lipinski definition) is 0. The second-order valence-corrected chi connectivity index (χ2v) is 20.7. The number of unbranched alkanes of at least 4 members (excludes halogenated alkanes) is 2. The van der Waals surface area contributed by atoms with Crippen LogP contribution < -0.4 is 9.47 Å². The summed E-state index contributed by atoms with van der Waals surface area (Å²) in [6.45, 7) is 36.6. The van der Waals surface area contributed by atoms with Crippen molar-refractivity contribution in [3.8, 4) is 11.5 Å². The molecule has 2 heterocycles. The number of epoxide rings is 2. The van der Waals surface area contributed by atoms with Crippen LogP contribution >= 0.6 is 0 Å². The molecule has 0 radical (unpaired) electrons. The van der Waals surface area contributed by atoms with Crippen molar-refractivity contribution < 1.29 is 18.9 Å². The number of hydrogen-bond acceptors (Lipinski definition) is 4. The Bertz CT molecular complexity index is 1340. The molecule has 4 unspecified atom stereocenters. The van der Waals surface area contributed by atoms with Crippen LogP contribution in [-0.2, 0) is 37.6 Å². The van der Waals surface area contributed by atoms with Gasteiger partial charge >= 0.3 is 0 Å². The fraction of sp³-hybridized carbons (Fsp3) is 0.774. The molecule has 2 aromatic rings. The van der Waals surface area contributed by atoms with Gasteiger partial charge in [-0.3, -0.25) is 0 Å². The first kappa shape index (κ1) is 47.6. The lowest BCUT2D eigenvalue weighted by atomic mass is 9.73. The van der Waals surface area contributed by atoms with Gasteiger partial charge in [0.1, 0.15) is 11.5 Å². The van der Waals surface area contributed by atoms with Crippen LogP contribution in [0.2, 0.25) is 0 Å². The molecule has 2 aliphatic heterocycles. The van der Waals surface area contributed by atoms with Gasteiger partial charge in [0.15, 0.2) is 0 Å². The molecule has 2 saturated heterocycles. The van der Waals surface area contributed by atoms with Gasteiger partial charge in [-0.25, -0.2) is 0 Å². The molecule has 0 amide bonds. The summed E-state index contributed by atoms with van der Waals surface area (Å²) >= 11 is 0. The fourth-order valence-corrected chi connectivity index (χ4v) is 8.56. The lowest BCUT2D eigenvalue weighted by Crippen LogP contribution is -2.25. The highest BCUT2D eigenvalue weighted by Gasteiger charge is 2.35. The Labute approximate surface area is 352 Å². The molecule has 0 aliphatic carbocycles. The summed E-state index contributed by atoms with van der Waals surface area (Å²) in [5, 5.41) is 0. The molecule has 2 aliphatic rings. The SMILES string of the molecule is CCCCC(CCCOc1c(C(C)(C)CC)cc(Cc2cc(C(C)(C)CC)c(OCCCC(CCCC)C3CO3)c(C(C)(C)CC)c2)cc1C(C)(C)CC)C1CO1. The highest BCUT2D eigenvalue weighted by Crippen LogP contribution is 2.46. The third kappa shape index (κ3) is 13.0. The Balaban J connectivity index is 1.72. The molecule has 2 fully saturated rings. The first-order valence-corrected chi connectivity index (χ1v) is 23.8. The third-order valence-electron chi connectivity index (χ3n) is 14.7. The molecular formula is C53H88O4. The van der Waals surface area contributed by atoms with Crippen molar-refractivity contribution in [2.24, 2.45) is 11.8 Å². The van der Waals surface area contributed by atoms with E-state index in [9.17, 15) is 0 Å². The summed E-state index contributed by atoms with van der Waals surface area (Å²) in [5.41, 5.74) is 8.17. The highest BCUT2D eigenvalue weighted by molar-refractivity contribution is 5.55. The minimum Gasteiger partial charge on any atom is -0.493 e. The van der Waals surface area contributed by atoms with Gasteiger partial charge < -0.3 is 18.9 Å². The quantitative estimate of drug-likeness (QED) is 0.0636. The van der Waals surface area contributed by atoms with Crippen molar-refractivity contribution in [2.45, 2.75) is 227 Å². The molecule has 4 nitrogen and oxygen atoms in total. The molecule has 4 heteroatoms. The Hall–Kier alpha value is -2.04. The van der Waals surface area contributed by atoms with E-state index in [2.05, 4.69) is 121 Å². The highest BCUT2D eigenvalue weighted by atomic mass is 16.6. The molecule has 0 bridgehead atoms. The van der Waals surface area contributed by atoms with Crippen LogP contribution in [0.25, 0.3) is 0 Å². The Morgan fingerprint density at radius 2 is 0.772 bits per heavy atom. The lowest BCUT2D eigenvalue weighted by Gasteiger charge is -2.34. The topological polar surface area (TPSA) is 43.5 Å². The Kier molecular flexibility index (Phi) is 17.5. The molecule has 0 spiro atoms. The van der Waals surface area contributed by atoms with Crippen molar-refractivity contribution in [3.05, 3.63) is 57.6 Å². The largest absolute Gasteiger partial charge is 0.493 e. The van der Waals surface area contributed by atoms with Gasteiger partial charge in [0.05, 0.1) is 38.6 Å². The maximum Gasteiger partial charge on any atom is 0.126 e. The van der Waals surface area contributed by atoms with Crippen LogP contribution in [0.4, 0.5) is 0 Å². The average molecular weight is 789 g/mol. The van der Waals surface area contributed by atoms with Crippen LogP contribution in [0.3, 0.4) is 0 Å². The molecule has 2 aromatic carbocycles. The molecule has 4 atom stereocenters. The van der Waals surface area contributed by atoms with E-state index in [1.54, 1.807) is 0 Å². The maximum atomic E-state index is 7.01. The molecule has 0 aromatic heterocycles. The van der Waals surface area contributed by atoms with Gasteiger partial charge in [-0.15, -0.1) is 0 Å². The Morgan fingerprint density at radius 3 is 1.02 bits per heavy atom. The summed E-state index contributed by atoms with van der Waals surface area (Å²) in [6, 6.07) is 10.0. The zero-order valence-electron chi connectivity index (χ0n) is 39.7. The van der Waals surface area contributed by atoms with Crippen LogP contribution in [0.5, 0.6) is 11.5 Å². The van der Waals surface area contributed by atoms with E-state index >= 15 is 0 Å². The van der Waals surface area contributed by atoms with E-state index in [1.165, 1.54) is 84.7 Å². The second-order valence-electron chi connectivity index (χ2n) is 20.7. The van der Waals surface area contributed by atoms with Crippen molar-refractivity contribution in [1.29, 1.82) is 0 Å². The van der Waals surface area contributed by atoms with Gasteiger partial charge in [-0.1, -0.05) is 147 Å². The van der Waals surface area contributed by atoms with E-state index in [0.717, 1.165) is 82.9 Å². The normalized spacial score (nSPS) is 18.4. The summed E-state index contributed by atoms with van der Waals surface area (Å²) in [4.78, 5) is 0. The maximum absolute atomic E-state index is 7.01. The molecule has 4 rings (SSSR count). The van der Waals surface area contributed by atoms with E-state index in [0.29, 0.717) is 24.0 Å². The Morgan fingerprint density at radius 1 is 0.491 bits per heavy atom. The number of rotatable bonds is 28. The van der Waals surface area contributed by atoms with E-state index in [4.69, 9.17) is 18.9 Å². The predicted molar refractivity (Wildman–Crippen MR) is 244 cm³/mol. The van der Waals surface area contributed by atoms with Gasteiger partial charge in [-0.05, 0) is 115 Å². The summed E-state index contributed by atoms with van der Waals surface area (Å²) < 4.78 is 25.6. The van der Waals surface area contributed by atoms with Crippen LogP contribution in [-0.4, -0.2) is 38.6 Å². The van der Waals surface area contributed by atoms with Crippen LogP contribution in [0.1, 0.15) is 220 Å². The van der Waals surface area contributed by atoms with Crippen LogP contribution in [0, 0.1) is 11.8 Å². The lowest BCUT2D eigenvalue weighted by molar-refractivity contribution is 0.249. The monoisotopic (exact) mass is 789 g/mol. The average Bonchev–Trinajstić information content (AvgIpc) is 4.13. The number of benzene rings is 2. The second kappa shape index (κ2) is 21.0. The first-order valence-electron chi connectivity index (χ1n) is 23.8. The minimum atomic E-state index is -0.0149. The van der Waals surface area contributed by atoms with Crippen molar-refractivity contribution in [2.75, 3.05) is 26.4 Å². The van der Waals surface area contributed by atoms with Crippen molar-refractivity contribution >= 4 is 0 Å². The van der Waals surface area contributed by atoms with Crippen LogP contribution in [0.15, 0.2) is 24.3 Å². The smallest absolute Gasteiger partial charge is 0.126 e. The molecular weight excluding hydrogens is 701 g/mol. The van der Waals surface area contributed by atoms with Gasteiger partial charge in [-0.2, -0.15) is 0 Å². The fourth-order valence-electron chi connectivity index (χ4n) is 8.56. The van der Waals surface area contributed by atoms with Gasteiger partial charge in [0, 0.05) is 22.3 Å². The van der Waals surface area contributed by atoms with E-state index in [1.807, 2.05) is 0 Å². The van der Waals surface area contributed by atoms with Gasteiger partial charge in [0.25, 0.3) is 0 Å².